The fraction of sp³-hybridized carbons (Fsp3) is 0.667. The van der Waals surface area contributed by atoms with Crippen LogP contribution in [-0.4, -0.2) is 77.3 Å². The number of amides is 3. The van der Waals surface area contributed by atoms with E-state index >= 15 is 0 Å². The Morgan fingerprint density at radius 1 is 0.854 bits per heavy atom. The normalized spacial score (nSPS) is 16.8. The van der Waals surface area contributed by atoms with Crippen LogP contribution >= 0.6 is 0 Å². The molecular weight excluding hydrogens is 526 g/mol. The van der Waals surface area contributed by atoms with Crippen LogP contribution in [0, 0.1) is 5.92 Å². The Hall–Kier alpha value is -3.02. The molecule has 0 bridgehead atoms. The first kappa shape index (κ1) is 34.2. The first-order valence-corrected chi connectivity index (χ1v) is 14.9. The number of carboxylic acids is 1. The summed E-state index contributed by atoms with van der Waals surface area (Å²) in [5.41, 5.74) is 6.26. The van der Waals surface area contributed by atoms with Crippen molar-refractivity contribution in [3.05, 3.63) is 35.9 Å². The third-order valence-corrected chi connectivity index (χ3v) is 7.36. The molecule has 0 spiro atoms. The summed E-state index contributed by atoms with van der Waals surface area (Å²) in [6.45, 7) is 3.79. The van der Waals surface area contributed by atoms with Gasteiger partial charge >= 0.3 is 5.97 Å². The van der Waals surface area contributed by atoms with Gasteiger partial charge in [0.1, 0.15) is 18.1 Å². The van der Waals surface area contributed by atoms with Crippen LogP contribution in [-0.2, 0) is 25.6 Å². The lowest BCUT2D eigenvalue weighted by Crippen LogP contribution is -2.59. The predicted octanol–water partition coefficient (Wildman–Crippen LogP) is 1.23. The molecule has 230 valence electrons. The van der Waals surface area contributed by atoms with Crippen molar-refractivity contribution in [2.45, 2.75) is 108 Å². The summed E-state index contributed by atoms with van der Waals surface area (Å²) < 4.78 is 0. The summed E-state index contributed by atoms with van der Waals surface area (Å²) in [5.74, 6) is -2.72. The molecule has 1 aromatic rings. The quantitative estimate of drug-likeness (QED) is 0.128. The van der Waals surface area contributed by atoms with Crippen LogP contribution in [0.2, 0.25) is 0 Å². The molecule has 11 nitrogen and oxygen atoms in total. The van der Waals surface area contributed by atoms with Gasteiger partial charge in [-0.15, -0.1) is 0 Å². The van der Waals surface area contributed by atoms with E-state index in [1.165, 1.54) is 6.42 Å². The number of carbonyl (C=O) groups is 4. The van der Waals surface area contributed by atoms with Crippen LogP contribution in [0.3, 0.4) is 0 Å². The average Bonchev–Trinajstić information content (AvgIpc) is 2.95. The molecule has 0 aliphatic heterocycles. The highest BCUT2D eigenvalue weighted by atomic mass is 16.4. The van der Waals surface area contributed by atoms with E-state index in [2.05, 4.69) is 21.3 Å². The fourth-order valence-corrected chi connectivity index (χ4v) is 5.10. The Morgan fingerprint density at radius 3 is 2.02 bits per heavy atom. The van der Waals surface area contributed by atoms with Crippen molar-refractivity contribution in [2.24, 2.45) is 11.7 Å². The Bertz CT molecular complexity index is 954. The smallest absolute Gasteiger partial charge is 0.326 e. The number of hydrogen-bond donors (Lipinski definition) is 7. The standard InChI is InChI=1S/C30H49N5O6/c1-20(2)17-24(32-22-13-7-4-8-14-22)27(37)35-26(19-36)29(39)34-25(18-21-11-5-3-6-12-21)28(38)33-23(30(40)41)15-9-10-16-31/h3,5-6,11-12,20,22-26,32,36H,4,7-10,13-19,31H2,1-2H3,(H,33,38)(H,34,39)(H,35,37)(H,40,41)/t23-,24-,25-,26-/m0/s1. The number of nitrogens with two attached hydrogens (primary N) is 1. The van der Waals surface area contributed by atoms with Gasteiger partial charge in [-0.1, -0.05) is 63.4 Å². The van der Waals surface area contributed by atoms with E-state index in [1.54, 1.807) is 24.3 Å². The lowest BCUT2D eigenvalue weighted by atomic mass is 9.93. The van der Waals surface area contributed by atoms with E-state index in [0.717, 1.165) is 31.2 Å². The lowest BCUT2D eigenvalue weighted by molar-refractivity contribution is -0.142. The molecule has 4 atom stereocenters. The van der Waals surface area contributed by atoms with Crippen LogP contribution in [0.1, 0.15) is 77.2 Å². The number of aliphatic hydroxyl groups is 1. The topological polar surface area (TPSA) is 183 Å². The maximum atomic E-state index is 13.3. The van der Waals surface area contributed by atoms with Crippen molar-refractivity contribution in [2.75, 3.05) is 13.2 Å². The number of hydrogen-bond acceptors (Lipinski definition) is 7. The zero-order valence-electron chi connectivity index (χ0n) is 24.4. The molecule has 0 saturated heterocycles. The number of rotatable bonds is 18. The summed E-state index contributed by atoms with van der Waals surface area (Å²) in [7, 11) is 0. The SMILES string of the molecule is CC(C)C[C@H](NC1CCCCC1)C(=O)N[C@@H](CO)C(=O)N[C@@H](Cc1ccccc1)C(=O)N[C@@H](CCCCN)C(=O)O. The van der Waals surface area contributed by atoms with Gasteiger partial charge in [-0.3, -0.25) is 14.4 Å². The van der Waals surface area contributed by atoms with Crippen molar-refractivity contribution in [1.29, 1.82) is 0 Å². The highest BCUT2D eigenvalue weighted by Gasteiger charge is 2.31. The van der Waals surface area contributed by atoms with Crippen molar-refractivity contribution >= 4 is 23.7 Å². The molecule has 3 amide bonds. The van der Waals surface area contributed by atoms with E-state index in [-0.39, 0.29) is 30.7 Å². The minimum atomic E-state index is -1.28. The number of carboxylic acid groups (broad SMARTS) is 1. The highest BCUT2D eigenvalue weighted by molar-refractivity contribution is 5.94. The van der Waals surface area contributed by atoms with Crippen molar-refractivity contribution in [3.8, 4) is 0 Å². The van der Waals surface area contributed by atoms with Crippen molar-refractivity contribution in [1.82, 2.24) is 21.3 Å². The summed E-state index contributed by atoms with van der Waals surface area (Å²) in [6, 6.07) is 5.16. The Balaban J connectivity index is 2.13. The van der Waals surface area contributed by atoms with E-state index < -0.39 is 48.6 Å². The Labute approximate surface area is 243 Å². The second kappa shape index (κ2) is 18.4. The van der Waals surface area contributed by atoms with Gasteiger partial charge in [-0.25, -0.2) is 4.79 Å². The second-order valence-corrected chi connectivity index (χ2v) is 11.4. The fourth-order valence-electron chi connectivity index (χ4n) is 5.10. The predicted molar refractivity (Wildman–Crippen MR) is 157 cm³/mol. The number of nitrogens with one attached hydrogen (secondary N) is 4. The zero-order valence-corrected chi connectivity index (χ0v) is 24.4. The number of aliphatic carboxylic acids is 1. The third kappa shape index (κ3) is 12.6. The van der Waals surface area contributed by atoms with Gasteiger partial charge in [0.05, 0.1) is 12.6 Å². The molecule has 11 heteroatoms. The van der Waals surface area contributed by atoms with Gasteiger partial charge in [-0.05, 0) is 56.6 Å². The highest BCUT2D eigenvalue weighted by Crippen LogP contribution is 2.19. The zero-order chi connectivity index (χ0) is 30.2. The molecule has 1 aliphatic carbocycles. The second-order valence-electron chi connectivity index (χ2n) is 11.4. The molecule has 1 saturated carbocycles. The molecule has 1 aliphatic rings. The largest absolute Gasteiger partial charge is 0.480 e. The Morgan fingerprint density at radius 2 is 1.44 bits per heavy atom. The summed E-state index contributed by atoms with van der Waals surface area (Å²) in [4.78, 5) is 51.5. The number of unbranched alkanes of at least 4 members (excludes halogenated alkanes) is 1. The Kier molecular flexibility index (Phi) is 15.4. The summed E-state index contributed by atoms with van der Waals surface area (Å²) >= 11 is 0. The number of aliphatic hydroxyl groups excluding tert-OH is 1. The van der Waals surface area contributed by atoms with Gasteiger partial charge in [0.2, 0.25) is 17.7 Å². The van der Waals surface area contributed by atoms with Gasteiger partial charge in [0.15, 0.2) is 0 Å². The number of carbonyl (C=O) groups excluding carboxylic acids is 3. The molecule has 0 radical (unpaired) electrons. The van der Waals surface area contributed by atoms with Gasteiger partial charge in [0.25, 0.3) is 0 Å². The third-order valence-electron chi connectivity index (χ3n) is 7.36. The molecule has 2 rings (SSSR count). The molecule has 8 N–H and O–H groups in total. The van der Waals surface area contributed by atoms with Crippen LogP contribution in [0.15, 0.2) is 30.3 Å². The van der Waals surface area contributed by atoms with Gasteiger partial charge < -0.3 is 37.2 Å². The van der Waals surface area contributed by atoms with Gasteiger partial charge in [0, 0.05) is 12.5 Å². The van der Waals surface area contributed by atoms with Crippen LogP contribution in [0.25, 0.3) is 0 Å². The first-order chi connectivity index (χ1) is 19.6. The van der Waals surface area contributed by atoms with Gasteiger partial charge in [-0.2, -0.15) is 0 Å². The van der Waals surface area contributed by atoms with E-state index in [9.17, 15) is 29.4 Å². The monoisotopic (exact) mass is 575 g/mol. The molecule has 0 unspecified atom stereocenters. The average molecular weight is 576 g/mol. The molecule has 1 fully saturated rings. The summed E-state index contributed by atoms with van der Waals surface area (Å²) in [6.07, 6.45) is 7.39. The van der Waals surface area contributed by atoms with Crippen molar-refractivity contribution in [3.63, 3.8) is 0 Å². The molecule has 0 aromatic heterocycles. The van der Waals surface area contributed by atoms with E-state index in [0.29, 0.717) is 25.8 Å². The summed E-state index contributed by atoms with van der Waals surface area (Å²) in [5, 5.41) is 30.9. The molecule has 0 heterocycles. The molecule has 1 aromatic carbocycles. The molecule has 41 heavy (non-hydrogen) atoms. The van der Waals surface area contributed by atoms with Crippen LogP contribution < -0.4 is 27.0 Å². The van der Waals surface area contributed by atoms with E-state index in [4.69, 9.17) is 5.73 Å². The van der Waals surface area contributed by atoms with E-state index in [1.807, 2.05) is 19.9 Å². The maximum Gasteiger partial charge on any atom is 0.326 e. The molecular formula is C30H49N5O6. The lowest BCUT2D eigenvalue weighted by Gasteiger charge is -2.30. The maximum absolute atomic E-state index is 13.3. The van der Waals surface area contributed by atoms with Crippen molar-refractivity contribution < 1.29 is 29.4 Å². The van der Waals surface area contributed by atoms with Crippen LogP contribution in [0.5, 0.6) is 0 Å². The number of benzene rings is 1. The van der Waals surface area contributed by atoms with Crippen LogP contribution in [0.4, 0.5) is 0 Å². The minimum absolute atomic E-state index is 0.0961. The first-order valence-electron chi connectivity index (χ1n) is 14.9. The minimum Gasteiger partial charge on any atom is -0.480 e.